The maximum atomic E-state index is 12.6. The summed E-state index contributed by atoms with van der Waals surface area (Å²) in [5, 5.41) is 2.64. The average Bonchev–Trinajstić information content (AvgIpc) is 3.14. The van der Waals surface area contributed by atoms with Crippen LogP contribution >= 0.6 is 11.8 Å². The average molecular weight is 489 g/mol. The summed E-state index contributed by atoms with van der Waals surface area (Å²) in [5.74, 6) is 0.826. The van der Waals surface area contributed by atoms with Crippen molar-refractivity contribution in [3.8, 4) is 5.75 Å². The summed E-state index contributed by atoms with van der Waals surface area (Å²) in [5.41, 5.74) is -2.45. The maximum Gasteiger partial charge on any atom is 0.446 e. The molecule has 34 heavy (non-hydrogen) atoms. The summed E-state index contributed by atoms with van der Waals surface area (Å²) in [6.07, 6.45) is 1.01. The Morgan fingerprint density at radius 2 is 1.88 bits per heavy atom. The lowest BCUT2D eigenvalue weighted by atomic mass is 10.2. The smallest absolute Gasteiger partial charge is 0.410 e. The number of benzene rings is 2. The molecule has 1 unspecified atom stereocenters. The standard InChI is InChI=1S/C24H23F3N4O2S/c1-17-14-31(19-7-9-21(10-8-19)34-24(25,26)27)16-30(17)15-18-11-12-28-22(13-18)29-23(32)33-20-5-3-2-4-6-20/h2-13,17H,14-16H2,1H3,(H,28,29,32). The number of alkyl halides is 3. The number of halogens is 3. The monoisotopic (exact) mass is 488 g/mol. The van der Waals surface area contributed by atoms with Gasteiger partial charge in [-0.1, -0.05) is 18.2 Å². The molecule has 1 fully saturated rings. The fraction of sp³-hybridized carbons (Fsp3) is 0.250. The zero-order valence-corrected chi connectivity index (χ0v) is 19.1. The van der Waals surface area contributed by atoms with E-state index in [-0.39, 0.29) is 22.7 Å². The number of amides is 1. The van der Waals surface area contributed by atoms with Crippen molar-refractivity contribution < 1.29 is 22.7 Å². The number of rotatable bonds is 6. The highest BCUT2D eigenvalue weighted by Crippen LogP contribution is 2.37. The molecular weight excluding hydrogens is 465 g/mol. The Kier molecular flexibility index (Phi) is 7.28. The first-order valence-corrected chi connectivity index (χ1v) is 11.4. The lowest BCUT2D eigenvalue weighted by molar-refractivity contribution is -0.0328. The van der Waals surface area contributed by atoms with Gasteiger partial charge in [0, 0.05) is 35.9 Å². The fourth-order valence-electron chi connectivity index (χ4n) is 3.70. The number of aromatic nitrogens is 1. The largest absolute Gasteiger partial charge is 0.446 e. The second kappa shape index (κ2) is 10.4. The van der Waals surface area contributed by atoms with Gasteiger partial charge in [0.25, 0.3) is 0 Å². The summed E-state index contributed by atoms with van der Waals surface area (Å²) >= 11 is -0.113. The molecule has 1 atom stereocenters. The van der Waals surface area contributed by atoms with Gasteiger partial charge in [0.1, 0.15) is 11.6 Å². The first-order chi connectivity index (χ1) is 16.2. The van der Waals surface area contributed by atoms with E-state index in [4.69, 9.17) is 4.74 Å². The number of ether oxygens (including phenoxy) is 1. The van der Waals surface area contributed by atoms with Crippen LogP contribution in [0.3, 0.4) is 0 Å². The molecule has 1 aliphatic heterocycles. The Morgan fingerprint density at radius 1 is 1.15 bits per heavy atom. The molecule has 1 amide bonds. The van der Waals surface area contributed by atoms with Crippen LogP contribution in [0.2, 0.25) is 0 Å². The van der Waals surface area contributed by atoms with E-state index in [0.717, 1.165) is 17.8 Å². The van der Waals surface area contributed by atoms with E-state index < -0.39 is 11.6 Å². The van der Waals surface area contributed by atoms with Crippen molar-refractivity contribution in [1.82, 2.24) is 9.88 Å². The molecule has 1 aromatic heterocycles. The van der Waals surface area contributed by atoms with Crippen molar-refractivity contribution in [2.75, 3.05) is 23.4 Å². The molecule has 0 radical (unpaired) electrons. The third kappa shape index (κ3) is 6.64. The summed E-state index contributed by atoms with van der Waals surface area (Å²) < 4.78 is 42.9. The normalized spacial score (nSPS) is 16.5. The van der Waals surface area contributed by atoms with Crippen molar-refractivity contribution >= 4 is 29.4 Å². The summed E-state index contributed by atoms with van der Waals surface area (Å²) in [4.78, 5) is 20.9. The molecule has 6 nitrogen and oxygen atoms in total. The zero-order chi connectivity index (χ0) is 24.1. The van der Waals surface area contributed by atoms with Crippen molar-refractivity contribution in [1.29, 1.82) is 0 Å². The Bertz CT molecular complexity index is 1110. The molecule has 2 heterocycles. The van der Waals surface area contributed by atoms with Crippen molar-refractivity contribution in [2.45, 2.75) is 29.9 Å². The number of pyridine rings is 1. The lowest BCUT2D eigenvalue weighted by Gasteiger charge is -2.21. The molecule has 3 aromatic rings. The van der Waals surface area contributed by atoms with Gasteiger partial charge in [-0.15, -0.1) is 0 Å². The van der Waals surface area contributed by atoms with Crippen molar-refractivity contribution in [2.24, 2.45) is 0 Å². The highest BCUT2D eigenvalue weighted by atomic mass is 32.2. The minimum atomic E-state index is -4.29. The van der Waals surface area contributed by atoms with Crippen LogP contribution in [-0.2, 0) is 6.54 Å². The van der Waals surface area contributed by atoms with Gasteiger partial charge in [-0.3, -0.25) is 10.2 Å². The Hall–Kier alpha value is -3.24. The lowest BCUT2D eigenvalue weighted by Crippen LogP contribution is -2.28. The molecule has 1 N–H and O–H groups in total. The van der Waals surface area contributed by atoms with E-state index in [1.165, 1.54) is 12.1 Å². The van der Waals surface area contributed by atoms with E-state index in [2.05, 4.69) is 27.0 Å². The van der Waals surface area contributed by atoms with Crippen molar-refractivity contribution in [3.63, 3.8) is 0 Å². The molecular formula is C24H23F3N4O2S. The zero-order valence-electron chi connectivity index (χ0n) is 18.3. The molecule has 1 aliphatic rings. The summed E-state index contributed by atoms with van der Waals surface area (Å²) in [6, 6.07) is 19.1. The predicted molar refractivity (Wildman–Crippen MR) is 126 cm³/mol. The van der Waals surface area contributed by atoms with Crippen molar-refractivity contribution in [3.05, 3.63) is 78.5 Å². The van der Waals surface area contributed by atoms with Crippen LogP contribution in [0, 0.1) is 0 Å². The van der Waals surface area contributed by atoms with Gasteiger partial charge >= 0.3 is 11.6 Å². The third-order valence-corrected chi connectivity index (χ3v) is 6.03. The molecule has 0 aliphatic carbocycles. The second-order valence-electron chi connectivity index (χ2n) is 7.88. The molecule has 10 heteroatoms. The molecule has 4 rings (SSSR count). The quantitative estimate of drug-likeness (QED) is 0.432. The molecule has 0 bridgehead atoms. The number of nitrogens with one attached hydrogen (secondary N) is 1. The SMILES string of the molecule is CC1CN(c2ccc(SC(F)(F)F)cc2)CN1Cc1ccnc(NC(=O)Oc2ccccc2)c1. The number of nitrogens with zero attached hydrogens (tertiary/aromatic N) is 3. The van der Waals surface area contributed by atoms with Crippen LogP contribution in [0.5, 0.6) is 5.75 Å². The molecule has 178 valence electrons. The van der Waals surface area contributed by atoms with Crippen LogP contribution in [0.1, 0.15) is 12.5 Å². The van der Waals surface area contributed by atoms with Gasteiger partial charge < -0.3 is 9.64 Å². The minimum absolute atomic E-state index is 0.113. The van der Waals surface area contributed by atoms with Crippen LogP contribution in [0.25, 0.3) is 0 Å². The van der Waals surface area contributed by atoms with Gasteiger partial charge in [0.15, 0.2) is 0 Å². The molecule has 1 saturated heterocycles. The van der Waals surface area contributed by atoms with E-state index in [0.29, 0.717) is 24.8 Å². The van der Waals surface area contributed by atoms with E-state index in [1.54, 1.807) is 48.7 Å². The number of hydrogen-bond donors (Lipinski definition) is 1. The molecule has 0 saturated carbocycles. The number of thioether (sulfide) groups is 1. The Labute approximate surface area is 199 Å². The van der Waals surface area contributed by atoms with Gasteiger partial charge in [0.2, 0.25) is 0 Å². The van der Waals surface area contributed by atoms with Gasteiger partial charge in [0.05, 0.1) is 6.67 Å². The van der Waals surface area contributed by atoms with Crippen LogP contribution in [0.4, 0.5) is 29.5 Å². The molecule has 0 spiro atoms. The van der Waals surface area contributed by atoms with Crippen LogP contribution in [0.15, 0.2) is 77.8 Å². The first-order valence-electron chi connectivity index (χ1n) is 10.6. The number of carbonyl (C=O) groups excluding carboxylic acids is 1. The fourth-order valence-corrected chi connectivity index (χ4v) is 4.24. The summed E-state index contributed by atoms with van der Waals surface area (Å²) in [6.45, 7) is 4.12. The van der Waals surface area contributed by atoms with Gasteiger partial charge in [-0.05, 0) is 72.8 Å². The number of para-hydroxylation sites is 1. The summed E-state index contributed by atoms with van der Waals surface area (Å²) in [7, 11) is 0. The third-order valence-electron chi connectivity index (χ3n) is 5.29. The Morgan fingerprint density at radius 3 is 2.59 bits per heavy atom. The highest BCUT2D eigenvalue weighted by Gasteiger charge is 2.30. The number of anilines is 2. The minimum Gasteiger partial charge on any atom is -0.410 e. The predicted octanol–water partition coefficient (Wildman–Crippen LogP) is 5.97. The van der Waals surface area contributed by atoms with Gasteiger partial charge in [-0.2, -0.15) is 13.2 Å². The Balaban J connectivity index is 1.34. The van der Waals surface area contributed by atoms with E-state index in [9.17, 15) is 18.0 Å². The second-order valence-corrected chi connectivity index (χ2v) is 9.02. The van der Waals surface area contributed by atoms with E-state index in [1.807, 2.05) is 12.1 Å². The molecule has 2 aromatic carbocycles. The van der Waals surface area contributed by atoms with Crippen LogP contribution < -0.4 is 15.0 Å². The maximum absolute atomic E-state index is 12.6. The topological polar surface area (TPSA) is 57.7 Å². The first kappa shape index (κ1) is 23.9. The highest BCUT2D eigenvalue weighted by molar-refractivity contribution is 8.00. The number of carbonyl (C=O) groups is 1. The van der Waals surface area contributed by atoms with Crippen LogP contribution in [-0.4, -0.2) is 40.7 Å². The van der Waals surface area contributed by atoms with E-state index >= 15 is 0 Å². The number of hydrogen-bond acceptors (Lipinski definition) is 6. The van der Waals surface area contributed by atoms with Gasteiger partial charge in [-0.25, -0.2) is 9.78 Å².